The predicted octanol–water partition coefficient (Wildman–Crippen LogP) is 2.58. The average Bonchev–Trinajstić information content (AvgIpc) is 2.97. The number of imidazole rings is 1. The first-order valence-electron chi connectivity index (χ1n) is 7.74. The van der Waals surface area contributed by atoms with Crippen LogP contribution in [0.2, 0.25) is 0 Å². The van der Waals surface area contributed by atoms with Gasteiger partial charge < -0.3 is 9.47 Å². The molecule has 3 heterocycles. The molecule has 1 aliphatic rings. The van der Waals surface area contributed by atoms with Gasteiger partial charge in [0, 0.05) is 19.6 Å². The molecule has 0 N–H and O–H groups in total. The second-order valence-electron chi connectivity index (χ2n) is 6.22. The zero-order valence-corrected chi connectivity index (χ0v) is 14.1. The van der Waals surface area contributed by atoms with Crippen molar-refractivity contribution in [2.75, 3.05) is 20.1 Å². The highest BCUT2D eigenvalue weighted by atomic mass is 35.5. The molecule has 0 radical (unpaired) electrons. The second kappa shape index (κ2) is 5.61. The molecule has 21 heavy (non-hydrogen) atoms. The van der Waals surface area contributed by atoms with Crippen molar-refractivity contribution in [1.29, 1.82) is 0 Å². The van der Waals surface area contributed by atoms with Crippen LogP contribution >= 0.6 is 11.6 Å². The molecule has 1 aliphatic heterocycles. The quantitative estimate of drug-likeness (QED) is 0.818. The molecular formula is C15H24ClN5. The van der Waals surface area contributed by atoms with Crippen LogP contribution in [0, 0.1) is 5.92 Å². The largest absolute Gasteiger partial charge is 0.308 e. The Balaban J connectivity index is 2.14. The van der Waals surface area contributed by atoms with Crippen LogP contribution in [0.25, 0.3) is 11.2 Å². The van der Waals surface area contributed by atoms with Crippen molar-refractivity contribution in [1.82, 2.24) is 24.2 Å². The minimum Gasteiger partial charge on any atom is -0.308 e. The lowest BCUT2D eigenvalue weighted by atomic mass is 9.94. The summed E-state index contributed by atoms with van der Waals surface area (Å²) in [7, 11) is 4.20. The minimum atomic E-state index is 0.455. The Morgan fingerprint density at radius 2 is 2.10 bits per heavy atom. The number of aromatic nitrogens is 4. The Morgan fingerprint density at radius 1 is 1.33 bits per heavy atom. The Labute approximate surface area is 130 Å². The molecule has 3 rings (SSSR count). The number of fused-ring (bicyclic) bond motifs is 1. The molecular weight excluding hydrogens is 286 g/mol. The van der Waals surface area contributed by atoms with Crippen LogP contribution in [0.1, 0.15) is 37.8 Å². The molecule has 2 unspecified atom stereocenters. The number of rotatable bonds is 3. The van der Waals surface area contributed by atoms with Crippen LogP contribution in [0.15, 0.2) is 0 Å². The molecule has 0 aliphatic carbocycles. The molecule has 1 fully saturated rings. The summed E-state index contributed by atoms with van der Waals surface area (Å²) in [6, 6.07) is 0.458. The normalized spacial score (nSPS) is 24.0. The summed E-state index contributed by atoms with van der Waals surface area (Å²) in [6.07, 6.45) is 2.04. The highest BCUT2D eigenvalue weighted by Gasteiger charge is 2.30. The van der Waals surface area contributed by atoms with Crippen molar-refractivity contribution in [3.05, 3.63) is 11.5 Å². The van der Waals surface area contributed by atoms with E-state index in [1.54, 1.807) is 0 Å². The summed E-state index contributed by atoms with van der Waals surface area (Å²) in [5.41, 5.74) is 3.23. The maximum atomic E-state index is 6.18. The lowest BCUT2D eigenvalue weighted by molar-refractivity contribution is 0.159. The van der Waals surface area contributed by atoms with Crippen LogP contribution in [0.5, 0.6) is 0 Å². The van der Waals surface area contributed by atoms with Gasteiger partial charge >= 0.3 is 0 Å². The summed E-state index contributed by atoms with van der Waals surface area (Å²) < 4.78 is 4.33. The number of halogens is 1. The Hall–Kier alpha value is -1.07. The first-order chi connectivity index (χ1) is 10.1. The van der Waals surface area contributed by atoms with Crippen LogP contribution in [-0.4, -0.2) is 44.4 Å². The summed E-state index contributed by atoms with van der Waals surface area (Å²) >= 11 is 6.18. The van der Waals surface area contributed by atoms with Gasteiger partial charge in [0.15, 0.2) is 5.65 Å². The number of likely N-dealkylation sites (tertiary alicyclic amines) is 1. The van der Waals surface area contributed by atoms with Gasteiger partial charge in [-0.3, -0.25) is 4.68 Å². The van der Waals surface area contributed by atoms with E-state index in [0.717, 1.165) is 48.6 Å². The molecule has 2 aromatic heterocycles. The van der Waals surface area contributed by atoms with E-state index < -0.39 is 0 Å². The fraction of sp³-hybridized carbons (Fsp3) is 0.733. The number of aryl methyl sites for hydroxylation is 2. The van der Waals surface area contributed by atoms with Crippen molar-refractivity contribution in [2.45, 2.75) is 38.6 Å². The fourth-order valence-electron chi connectivity index (χ4n) is 3.65. The van der Waals surface area contributed by atoms with Gasteiger partial charge in [0.2, 0.25) is 0 Å². The highest BCUT2D eigenvalue weighted by molar-refractivity contribution is 6.16. The average molecular weight is 310 g/mol. The molecule has 1 saturated heterocycles. The first kappa shape index (κ1) is 14.9. The van der Waals surface area contributed by atoms with Gasteiger partial charge in [-0.05, 0) is 32.4 Å². The molecule has 2 atom stereocenters. The van der Waals surface area contributed by atoms with Crippen molar-refractivity contribution in [3.8, 4) is 0 Å². The van der Waals surface area contributed by atoms with Crippen molar-refractivity contribution >= 4 is 22.8 Å². The van der Waals surface area contributed by atoms with E-state index in [4.69, 9.17) is 16.6 Å². The Kier molecular flexibility index (Phi) is 3.97. The Morgan fingerprint density at radius 3 is 2.71 bits per heavy atom. The molecule has 5 nitrogen and oxygen atoms in total. The molecule has 0 bridgehead atoms. The standard InChI is InChI=1S/C15H24ClN5/c1-5-11-14-15(20(4)18-11)21(13(8-16)17-14)12-6-7-19(3)9-10(12)2/h10,12H,5-9H2,1-4H3. The lowest BCUT2D eigenvalue weighted by Crippen LogP contribution is -2.38. The zero-order valence-electron chi connectivity index (χ0n) is 13.3. The highest BCUT2D eigenvalue weighted by Crippen LogP contribution is 2.33. The van der Waals surface area contributed by atoms with Crippen LogP contribution < -0.4 is 0 Å². The summed E-state index contributed by atoms with van der Waals surface area (Å²) in [5.74, 6) is 2.02. The molecule has 116 valence electrons. The van der Waals surface area contributed by atoms with Crippen molar-refractivity contribution in [2.24, 2.45) is 13.0 Å². The number of piperidine rings is 1. The van der Waals surface area contributed by atoms with E-state index in [9.17, 15) is 0 Å². The Bertz CT molecular complexity index is 644. The van der Waals surface area contributed by atoms with Crippen LogP contribution in [0.4, 0.5) is 0 Å². The van der Waals surface area contributed by atoms with Crippen LogP contribution in [0.3, 0.4) is 0 Å². The van der Waals surface area contributed by atoms with E-state index >= 15 is 0 Å². The number of alkyl halides is 1. The predicted molar refractivity (Wildman–Crippen MR) is 85.7 cm³/mol. The molecule has 6 heteroatoms. The van der Waals surface area contributed by atoms with E-state index in [1.165, 1.54) is 0 Å². The summed E-state index contributed by atoms with van der Waals surface area (Å²) in [6.45, 7) is 6.68. The summed E-state index contributed by atoms with van der Waals surface area (Å²) in [4.78, 5) is 7.18. The molecule has 0 spiro atoms. The third-order valence-corrected chi connectivity index (χ3v) is 4.90. The lowest BCUT2D eigenvalue weighted by Gasteiger charge is -2.36. The monoisotopic (exact) mass is 309 g/mol. The maximum absolute atomic E-state index is 6.18. The molecule has 0 saturated carbocycles. The fourth-order valence-corrected chi connectivity index (χ4v) is 3.84. The van der Waals surface area contributed by atoms with Gasteiger partial charge in [-0.2, -0.15) is 5.10 Å². The molecule has 0 amide bonds. The third kappa shape index (κ3) is 2.36. The topological polar surface area (TPSA) is 38.9 Å². The van der Waals surface area contributed by atoms with E-state index in [1.807, 2.05) is 11.7 Å². The van der Waals surface area contributed by atoms with Crippen molar-refractivity contribution < 1.29 is 0 Å². The SMILES string of the molecule is CCc1nn(C)c2c1nc(CCl)n2C1CCN(C)CC1C. The zero-order chi connectivity index (χ0) is 15.1. The number of hydrogen-bond donors (Lipinski definition) is 0. The van der Waals surface area contributed by atoms with Gasteiger partial charge in [-0.25, -0.2) is 4.98 Å². The molecule has 0 aromatic carbocycles. The van der Waals surface area contributed by atoms with E-state index in [0.29, 0.717) is 17.8 Å². The van der Waals surface area contributed by atoms with Crippen LogP contribution in [-0.2, 0) is 19.3 Å². The second-order valence-corrected chi connectivity index (χ2v) is 6.49. The first-order valence-corrected chi connectivity index (χ1v) is 8.27. The van der Waals surface area contributed by atoms with Gasteiger partial charge in [0.05, 0.1) is 11.6 Å². The third-order valence-electron chi connectivity index (χ3n) is 4.66. The van der Waals surface area contributed by atoms with Gasteiger partial charge in [0.25, 0.3) is 0 Å². The molecule has 2 aromatic rings. The minimum absolute atomic E-state index is 0.455. The van der Waals surface area contributed by atoms with Gasteiger partial charge in [0.1, 0.15) is 11.3 Å². The summed E-state index contributed by atoms with van der Waals surface area (Å²) in [5, 5.41) is 4.62. The van der Waals surface area contributed by atoms with Gasteiger partial charge in [-0.1, -0.05) is 13.8 Å². The van der Waals surface area contributed by atoms with E-state index in [-0.39, 0.29) is 0 Å². The maximum Gasteiger partial charge on any atom is 0.158 e. The number of nitrogens with zero attached hydrogens (tertiary/aromatic N) is 5. The smallest absolute Gasteiger partial charge is 0.158 e. The number of hydrogen-bond acceptors (Lipinski definition) is 3. The van der Waals surface area contributed by atoms with E-state index in [2.05, 4.69) is 35.5 Å². The van der Waals surface area contributed by atoms with Gasteiger partial charge in [-0.15, -0.1) is 11.6 Å². The van der Waals surface area contributed by atoms with Crippen molar-refractivity contribution in [3.63, 3.8) is 0 Å².